The van der Waals surface area contributed by atoms with Gasteiger partial charge in [-0.1, -0.05) is 0 Å². The summed E-state index contributed by atoms with van der Waals surface area (Å²) < 4.78 is 0. The number of primary amides is 1. The zero-order chi connectivity index (χ0) is 11.9. The molecule has 3 N–H and O–H groups in total. The van der Waals surface area contributed by atoms with Crippen molar-refractivity contribution in [3.8, 4) is 0 Å². The summed E-state index contributed by atoms with van der Waals surface area (Å²) in [6, 6.07) is -0.236. The highest BCUT2D eigenvalue weighted by Crippen LogP contribution is 2.36. The average molecular weight is 213 g/mol. The highest BCUT2D eigenvalue weighted by molar-refractivity contribution is 5.72. The third-order valence-corrected chi connectivity index (χ3v) is 3.65. The van der Waals surface area contributed by atoms with Crippen molar-refractivity contribution in [2.24, 2.45) is 5.73 Å². The molecule has 4 heteroatoms. The van der Waals surface area contributed by atoms with Gasteiger partial charge in [-0.05, 0) is 47.6 Å². The number of piperidine rings is 1. The molecule has 0 saturated carbocycles. The maximum Gasteiger partial charge on any atom is 0.312 e. The fourth-order valence-electron chi connectivity index (χ4n) is 2.67. The maximum atomic E-state index is 10.9. The first-order valence-electron chi connectivity index (χ1n) is 5.45. The number of amides is 2. The van der Waals surface area contributed by atoms with Gasteiger partial charge in [0.2, 0.25) is 0 Å². The first-order valence-corrected chi connectivity index (χ1v) is 5.45. The summed E-state index contributed by atoms with van der Waals surface area (Å²) >= 11 is 0. The van der Waals surface area contributed by atoms with E-state index in [0.717, 1.165) is 12.8 Å². The molecular formula is C11H23N3O. The highest BCUT2D eigenvalue weighted by Gasteiger charge is 2.43. The molecule has 0 atom stereocenters. The smallest absolute Gasteiger partial charge is 0.312 e. The van der Waals surface area contributed by atoms with E-state index in [0.29, 0.717) is 0 Å². The largest absolute Gasteiger partial charge is 0.352 e. The van der Waals surface area contributed by atoms with Crippen molar-refractivity contribution in [3.05, 3.63) is 0 Å². The second-order valence-electron chi connectivity index (χ2n) is 5.80. The second-order valence-corrected chi connectivity index (χ2v) is 5.80. The Kier molecular flexibility index (Phi) is 3.01. The Labute approximate surface area is 92.2 Å². The van der Waals surface area contributed by atoms with Crippen LogP contribution in [0.5, 0.6) is 0 Å². The van der Waals surface area contributed by atoms with E-state index < -0.39 is 6.03 Å². The number of carbonyl (C=O) groups excluding carboxylic acids is 1. The summed E-state index contributed by atoms with van der Waals surface area (Å²) in [7, 11) is 2.14. The topological polar surface area (TPSA) is 58.4 Å². The lowest BCUT2D eigenvalue weighted by Crippen LogP contribution is -2.63. The lowest BCUT2D eigenvalue weighted by Gasteiger charge is -2.53. The van der Waals surface area contributed by atoms with Crippen LogP contribution in [0, 0.1) is 0 Å². The molecule has 1 aliphatic heterocycles. The number of carbonyl (C=O) groups is 1. The summed E-state index contributed by atoms with van der Waals surface area (Å²) in [5.41, 5.74) is 5.36. The molecule has 0 aromatic carbocycles. The molecule has 1 saturated heterocycles. The number of urea groups is 1. The Bertz CT molecular complexity index is 243. The van der Waals surface area contributed by atoms with Gasteiger partial charge in [-0.15, -0.1) is 0 Å². The number of hydrogen-bond acceptors (Lipinski definition) is 2. The van der Waals surface area contributed by atoms with E-state index in [-0.39, 0.29) is 17.1 Å². The van der Waals surface area contributed by atoms with Crippen LogP contribution in [0.2, 0.25) is 0 Å². The summed E-state index contributed by atoms with van der Waals surface area (Å²) in [6.07, 6.45) is 1.88. The minimum Gasteiger partial charge on any atom is -0.352 e. The first kappa shape index (κ1) is 12.3. The molecule has 0 spiro atoms. The van der Waals surface area contributed by atoms with E-state index in [1.807, 2.05) is 0 Å². The minimum atomic E-state index is -0.420. The summed E-state index contributed by atoms with van der Waals surface area (Å²) in [5, 5.41) is 2.83. The standard InChI is InChI=1S/C11H23N3O/c1-10(2)6-8(13-9(12)15)7-11(3,4)14(10)5/h8H,6-7H2,1-5H3,(H3,12,13,15). The molecule has 2 amide bonds. The molecule has 0 aromatic rings. The number of nitrogens with one attached hydrogen (secondary N) is 1. The van der Waals surface area contributed by atoms with Crippen LogP contribution in [0.4, 0.5) is 4.79 Å². The Balaban J connectivity index is 2.79. The number of likely N-dealkylation sites (tertiary alicyclic amines) is 1. The molecule has 0 aliphatic carbocycles. The van der Waals surface area contributed by atoms with Crippen molar-refractivity contribution in [1.29, 1.82) is 0 Å². The molecule has 0 bridgehead atoms. The molecule has 0 aromatic heterocycles. The predicted octanol–water partition coefficient (Wildman–Crippen LogP) is 1.31. The molecule has 88 valence electrons. The van der Waals surface area contributed by atoms with Crippen LogP contribution in [-0.4, -0.2) is 35.1 Å². The molecule has 0 radical (unpaired) electrons. The highest BCUT2D eigenvalue weighted by atomic mass is 16.2. The average Bonchev–Trinajstić information content (AvgIpc) is 1.97. The monoisotopic (exact) mass is 213 g/mol. The van der Waals surface area contributed by atoms with E-state index in [2.05, 4.69) is 45.0 Å². The molecule has 0 unspecified atom stereocenters. The molecule has 4 nitrogen and oxygen atoms in total. The van der Waals surface area contributed by atoms with Gasteiger partial charge in [0.05, 0.1) is 0 Å². The Morgan fingerprint density at radius 2 is 1.67 bits per heavy atom. The van der Waals surface area contributed by atoms with Crippen molar-refractivity contribution >= 4 is 6.03 Å². The van der Waals surface area contributed by atoms with Crippen molar-refractivity contribution in [2.45, 2.75) is 57.7 Å². The normalized spacial score (nSPS) is 26.2. The molecule has 1 heterocycles. The van der Waals surface area contributed by atoms with Gasteiger partial charge in [0.1, 0.15) is 0 Å². The van der Waals surface area contributed by atoms with Crippen molar-refractivity contribution in [1.82, 2.24) is 10.2 Å². The minimum absolute atomic E-state index is 0.0921. The van der Waals surface area contributed by atoms with Crippen molar-refractivity contribution < 1.29 is 4.79 Å². The van der Waals surface area contributed by atoms with Crippen LogP contribution < -0.4 is 11.1 Å². The van der Waals surface area contributed by atoms with Crippen LogP contribution in [0.1, 0.15) is 40.5 Å². The third-order valence-electron chi connectivity index (χ3n) is 3.65. The van der Waals surface area contributed by atoms with Gasteiger partial charge < -0.3 is 11.1 Å². The number of hydrogen-bond donors (Lipinski definition) is 2. The van der Waals surface area contributed by atoms with Crippen LogP contribution in [-0.2, 0) is 0 Å². The van der Waals surface area contributed by atoms with Gasteiger partial charge >= 0.3 is 6.03 Å². The second kappa shape index (κ2) is 3.67. The summed E-state index contributed by atoms with van der Waals surface area (Å²) in [6.45, 7) is 8.79. The van der Waals surface area contributed by atoms with Crippen LogP contribution >= 0.6 is 0 Å². The fraction of sp³-hybridized carbons (Fsp3) is 0.909. The van der Waals surface area contributed by atoms with Gasteiger partial charge in [0.25, 0.3) is 0 Å². The lowest BCUT2D eigenvalue weighted by atomic mass is 9.77. The van der Waals surface area contributed by atoms with Gasteiger partial charge in [0, 0.05) is 17.1 Å². The Morgan fingerprint density at radius 3 is 2.00 bits per heavy atom. The van der Waals surface area contributed by atoms with Crippen molar-refractivity contribution in [2.75, 3.05) is 7.05 Å². The predicted molar refractivity (Wildman–Crippen MR) is 61.7 cm³/mol. The van der Waals surface area contributed by atoms with Crippen LogP contribution in [0.3, 0.4) is 0 Å². The zero-order valence-electron chi connectivity index (χ0n) is 10.4. The van der Waals surface area contributed by atoms with E-state index in [4.69, 9.17) is 5.73 Å². The van der Waals surface area contributed by atoms with E-state index in [1.54, 1.807) is 0 Å². The summed E-state index contributed by atoms with van der Waals surface area (Å²) in [5.74, 6) is 0. The third kappa shape index (κ3) is 2.62. The van der Waals surface area contributed by atoms with Crippen LogP contribution in [0.25, 0.3) is 0 Å². The number of rotatable bonds is 1. The van der Waals surface area contributed by atoms with Gasteiger partial charge in [-0.2, -0.15) is 0 Å². The molecule has 1 aliphatic rings. The van der Waals surface area contributed by atoms with Crippen LogP contribution in [0.15, 0.2) is 0 Å². The molecule has 15 heavy (non-hydrogen) atoms. The SMILES string of the molecule is CN1C(C)(C)CC(NC(N)=O)CC1(C)C. The number of nitrogens with zero attached hydrogens (tertiary/aromatic N) is 1. The maximum absolute atomic E-state index is 10.9. The summed E-state index contributed by atoms with van der Waals surface area (Å²) in [4.78, 5) is 13.2. The van der Waals surface area contributed by atoms with Crippen molar-refractivity contribution in [3.63, 3.8) is 0 Å². The van der Waals surface area contributed by atoms with Gasteiger partial charge in [-0.3, -0.25) is 4.90 Å². The molecule has 1 fully saturated rings. The fourth-order valence-corrected chi connectivity index (χ4v) is 2.67. The van der Waals surface area contributed by atoms with E-state index in [9.17, 15) is 4.79 Å². The lowest BCUT2D eigenvalue weighted by molar-refractivity contribution is -0.0156. The van der Waals surface area contributed by atoms with Gasteiger partial charge in [0.15, 0.2) is 0 Å². The molecular weight excluding hydrogens is 190 g/mol. The van der Waals surface area contributed by atoms with Gasteiger partial charge in [-0.25, -0.2) is 4.79 Å². The number of nitrogens with two attached hydrogens (primary N) is 1. The quantitative estimate of drug-likeness (QED) is 0.690. The Morgan fingerprint density at radius 1 is 1.27 bits per heavy atom. The zero-order valence-corrected chi connectivity index (χ0v) is 10.4. The van der Waals surface area contributed by atoms with E-state index in [1.165, 1.54) is 0 Å². The van der Waals surface area contributed by atoms with E-state index >= 15 is 0 Å². The Hall–Kier alpha value is -0.770. The first-order chi connectivity index (χ1) is 6.65. The molecule has 1 rings (SSSR count).